The van der Waals surface area contributed by atoms with Crippen molar-refractivity contribution in [3.8, 4) is 0 Å². The quantitative estimate of drug-likeness (QED) is 0.621. The first-order chi connectivity index (χ1) is 5.79. The van der Waals surface area contributed by atoms with Gasteiger partial charge in [-0.15, -0.1) is 0 Å². The maximum Gasteiger partial charge on any atom is 0.303 e. The van der Waals surface area contributed by atoms with Gasteiger partial charge in [-0.3, -0.25) is 4.79 Å². The number of rotatable bonds is 4. The van der Waals surface area contributed by atoms with Crippen LogP contribution in [0.5, 0.6) is 0 Å². The van der Waals surface area contributed by atoms with Crippen molar-refractivity contribution in [2.75, 3.05) is 13.1 Å². The van der Waals surface area contributed by atoms with E-state index in [4.69, 9.17) is 5.11 Å². The van der Waals surface area contributed by atoms with Crippen LogP contribution in [0.25, 0.3) is 0 Å². The SMILES string of the molecule is O=C(O)CCCC1=CCNCC1. The van der Waals surface area contributed by atoms with Crippen molar-refractivity contribution < 1.29 is 9.90 Å². The molecule has 0 aliphatic carbocycles. The Bertz CT molecular complexity index is 187. The van der Waals surface area contributed by atoms with Crippen LogP contribution in [0.15, 0.2) is 11.6 Å². The molecule has 0 spiro atoms. The fourth-order valence-corrected chi connectivity index (χ4v) is 1.36. The lowest BCUT2D eigenvalue weighted by atomic mass is 10.0. The molecule has 0 aromatic carbocycles. The van der Waals surface area contributed by atoms with E-state index in [0.29, 0.717) is 6.42 Å². The van der Waals surface area contributed by atoms with Crippen LogP contribution in [0, 0.1) is 0 Å². The molecule has 0 atom stereocenters. The average molecular weight is 169 g/mol. The number of carboxylic acids is 1. The predicted octanol–water partition coefficient (Wildman–Crippen LogP) is 1.16. The minimum absolute atomic E-state index is 0.296. The molecule has 1 aliphatic rings. The van der Waals surface area contributed by atoms with Crippen LogP contribution in [0.4, 0.5) is 0 Å². The maximum absolute atomic E-state index is 10.2. The molecule has 0 amide bonds. The molecule has 12 heavy (non-hydrogen) atoms. The topological polar surface area (TPSA) is 49.3 Å². The Balaban J connectivity index is 2.13. The van der Waals surface area contributed by atoms with Crippen molar-refractivity contribution in [2.45, 2.75) is 25.7 Å². The van der Waals surface area contributed by atoms with E-state index in [1.165, 1.54) is 5.57 Å². The molecule has 0 unspecified atom stereocenters. The van der Waals surface area contributed by atoms with E-state index in [2.05, 4.69) is 11.4 Å². The molecule has 2 N–H and O–H groups in total. The van der Waals surface area contributed by atoms with Crippen LogP contribution < -0.4 is 5.32 Å². The molecular formula is C9H15NO2. The van der Waals surface area contributed by atoms with Crippen LogP contribution in [-0.4, -0.2) is 24.2 Å². The Morgan fingerprint density at radius 2 is 2.50 bits per heavy atom. The van der Waals surface area contributed by atoms with Gasteiger partial charge in [-0.05, 0) is 25.8 Å². The lowest BCUT2D eigenvalue weighted by molar-refractivity contribution is -0.137. The molecule has 0 fully saturated rings. The summed E-state index contributed by atoms with van der Waals surface area (Å²) in [6, 6.07) is 0. The Hall–Kier alpha value is -0.830. The van der Waals surface area contributed by atoms with Gasteiger partial charge >= 0.3 is 5.97 Å². The number of aliphatic carboxylic acids is 1. The smallest absolute Gasteiger partial charge is 0.303 e. The lowest BCUT2D eigenvalue weighted by Gasteiger charge is -2.12. The van der Waals surface area contributed by atoms with Gasteiger partial charge in [0.25, 0.3) is 0 Å². The highest BCUT2D eigenvalue weighted by Crippen LogP contribution is 2.12. The summed E-state index contributed by atoms with van der Waals surface area (Å²) in [6.45, 7) is 1.99. The lowest BCUT2D eigenvalue weighted by Crippen LogP contribution is -2.20. The first kappa shape index (κ1) is 9.26. The summed E-state index contributed by atoms with van der Waals surface area (Å²) in [4.78, 5) is 10.2. The second kappa shape index (κ2) is 4.93. The van der Waals surface area contributed by atoms with Crippen LogP contribution in [-0.2, 0) is 4.79 Å². The molecule has 3 heteroatoms. The molecule has 0 saturated heterocycles. The summed E-state index contributed by atoms with van der Waals surface area (Å²) < 4.78 is 0. The predicted molar refractivity (Wildman–Crippen MR) is 47.1 cm³/mol. The van der Waals surface area contributed by atoms with Crippen LogP contribution in [0.2, 0.25) is 0 Å². The van der Waals surface area contributed by atoms with Gasteiger partial charge in [0.1, 0.15) is 0 Å². The van der Waals surface area contributed by atoms with Crippen molar-refractivity contribution >= 4 is 5.97 Å². The van der Waals surface area contributed by atoms with E-state index in [9.17, 15) is 4.79 Å². The van der Waals surface area contributed by atoms with E-state index in [0.717, 1.165) is 32.4 Å². The molecule has 0 aromatic heterocycles. The fraction of sp³-hybridized carbons (Fsp3) is 0.667. The van der Waals surface area contributed by atoms with Crippen molar-refractivity contribution in [2.24, 2.45) is 0 Å². The molecular weight excluding hydrogens is 154 g/mol. The Morgan fingerprint density at radius 1 is 1.67 bits per heavy atom. The Kier molecular flexibility index (Phi) is 3.80. The van der Waals surface area contributed by atoms with E-state index in [1.54, 1.807) is 0 Å². The van der Waals surface area contributed by atoms with Gasteiger partial charge in [-0.2, -0.15) is 0 Å². The van der Waals surface area contributed by atoms with Gasteiger partial charge in [-0.1, -0.05) is 11.6 Å². The van der Waals surface area contributed by atoms with E-state index < -0.39 is 5.97 Å². The highest BCUT2D eigenvalue weighted by atomic mass is 16.4. The number of hydrogen-bond donors (Lipinski definition) is 2. The molecule has 0 radical (unpaired) electrons. The number of hydrogen-bond acceptors (Lipinski definition) is 2. The van der Waals surface area contributed by atoms with E-state index >= 15 is 0 Å². The zero-order chi connectivity index (χ0) is 8.81. The zero-order valence-corrected chi connectivity index (χ0v) is 7.18. The monoisotopic (exact) mass is 169 g/mol. The first-order valence-corrected chi connectivity index (χ1v) is 4.39. The van der Waals surface area contributed by atoms with Crippen LogP contribution in [0.3, 0.4) is 0 Å². The minimum atomic E-state index is -0.690. The molecule has 1 heterocycles. The second-order valence-corrected chi connectivity index (χ2v) is 3.06. The Labute approximate surface area is 72.5 Å². The zero-order valence-electron chi connectivity index (χ0n) is 7.18. The fourth-order valence-electron chi connectivity index (χ4n) is 1.36. The van der Waals surface area contributed by atoms with Gasteiger partial charge in [-0.25, -0.2) is 0 Å². The number of nitrogens with one attached hydrogen (secondary N) is 1. The minimum Gasteiger partial charge on any atom is -0.481 e. The number of carboxylic acid groups (broad SMARTS) is 1. The summed E-state index contributed by atoms with van der Waals surface area (Å²) in [5.74, 6) is -0.690. The summed E-state index contributed by atoms with van der Waals surface area (Å²) in [5.41, 5.74) is 1.41. The summed E-state index contributed by atoms with van der Waals surface area (Å²) >= 11 is 0. The molecule has 1 rings (SSSR count). The summed E-state index contributed by atoms with van der Waals surface area (Å²) in [6.07, 6.45) is 5.28. The van der Waals surface area contributed by atoms with E-state index in [1.807, 2.05) is 0 Å². The second-order valence-electron chi connectivity index (χ2n) is 3.06. The normalized spacial score (nSPS) is 17.2. The molecule has 3 nitrogen and oxygen atoms in total. The third kappa shape index (κ3) is 3.53. The van der Waals surface area contributed by atoms with Crippen LogP contribution in [0.1, 0.15) is 25.7 Å². The molecule has 0 aromatic rings. The van der Waals surface area contributed by atoms with Gasteiger partial charge in [0.05, 0.1) is 0 Å². The highest BCUT2D eigenvalue weighted by molar-refractivity contribution is 5.66. The van der Waals surface area contributed by atoms with Crippen molar-refractivity contribution in [1.82, 2.24) is 5.32 Å². The van der Waals surface area contributed by atoms with Crippen molar-refractivity contribution in [1.29, 1.82) is 0 Å². The average Bonchev–Trinajstić information content (AvgIpc) is 2.05. The van der Waals surface area contributed by atoms with Crippen molar-refractivity contribution in [3.63, 3.8) is 0 Å². The molecule has 0 saturated carbocycles. The Morgan fingerprint density at radius 3 is 3.08 bits per heavy atom. The van der Waals surface area contributed by atoms with Crippen molar-refractivity contribution in [3.05, 3.63) is 11.6 Å². The van der Waals surface area contributed by atoms with E-state index in [-0.39, 0.29) is 0 Å². The highest BCUT2D eigenvalue weighted by Gasteiger charge is 2.03. The molecule has 1 aliphatic heterocycles. The van der Waals surface area contributed by atoms with Gasteiger partial charge in [0, 0.05) is 13.0 Å². The summed E-state index contributed by atoms with van der Waals surface area (Å²) in [7, 11) is 0. The van der Waals surface area contributed by atoms with Crippen LogP contribution >= 0.6 is 0 Å². The van der Waals surface area contributed by atoms with Gasteiger partial charge in [0.15, 0.2) is 0 Å². The van der Waals surface area contributed by atoms with Gasteiger partial charge < -0.3 is 10.4 Å². The third-order valence-electron chi connectivity index (χ3n) is 2.05. The standard InChI is InChI=1S/C9H15NO2/c11-9(12)3-1-2-8-4-6-10-7-5-8/h4,10H,1-3,5-7H2,(H,11,12). The third-order valence-corrected chi connectivity index (χ3v) is 2.05. The first-order valence-electron chi connectivity index (χ1n) is 4.39. The molecule has 0 bridgehead atoms. The molecule has 68 valence electrons. The maximum atomic E-state index is 10.2. The van der Waals surface area contributed by atoms with Gasteiger partial charge in [0.2, 0.25) is 0 Å². The summed E-state index contributed by atoms with van der Waals surface area (Å²) in [5, 5.41) is 11.6. The number of carbonyl (C=O) groups is 1. The largest absolute Gasteiger partial charge is 0.481 e.